The Balaban J connectivity index is 1.71. The number of piperazine rings is 1. The van der Waals surface area contributed by atoms with E-state index in [1.165, 1.54) is 26.2 Å². The van der Waals surface area contributed by atoms with Crippen LogP contribution in [0.3, 0.4) is 0 Å². The van der Waals surface area contributed by atoms with Crippen LogP contribution in [0.15, 0.2) is 11.6 Å². The van der Waals surface area contributed by atoms with E-state index < -0.39 is 0 Å². The lowest BCUT2D eigenvalue weighted by atomic mass is 10.1. The molecule has 14 heavy (non-hydrogen) atoms. The summed E-state index contributed by atoms with van der Waals surface area (Å²) < 4.78 is 0. The standard InChI is InChI=1S/C10H18ClN3/c1-9(11)8-13-2-4-14(5-3-13)10-6-12-7-10/h10,12H,1-8H2. The number of halogens is 1. The molecule has 0 unspecified atom stereocenters. The van der Waals surface area contributed by atoms with E-state index in [0.29, 0.717) is 0 Å². The summed E-state index contributed by atoms with van der Waals surface area (Å²) in [6.07, 6.45) is 0. The van der Waals surface area contributed by atoms with Crippen LogP contribution in [0.4, 0.5) is 0 Å². The fraction of sp³-hybridized carbons (Fsp3) is 0.800. The molecule has 2 aliphatic rings. The molecule has 2 rings (SSSR count). The first-order valence-electron chi connectivity index (χ1n) is 5.26. The molecule has 0 aromatic heterocycles. The summed E-state index contributed by atoms with van der Waals surface area (Å²) in [6, 6.07) is 0.788. The molecule has 0 bridgehead atoms. The van der Waals surface area contributed by atoms with Crippen molar-refractivity contribution in [3.8, 4) is 0 Å². The number of nitrogens with one attached hydrogen (secondary N) is 1. The van der Waals surface area contributed by atoms with Gasteiger partial charge in [-0.1, -0.05) is 18.2 Å². The average molecular weight is 216 g/mol. The second kappa shape index (κ2) is 4.62. The smallest absolute Gasteiger partial charge is 0.0346 e. The van der Waals surface area contributed by atoms with Gasteiger partial charge in [0.2, 0.25) is 0 Å². The highest BCUT2D eigenvalue weighted by atomic mass is 35.5. The van der Waals surface area contributed by atoms with Gasteiger partial charge in [0.15, 0.2) is 0 Å². The number of nitrogens with zero attached hydrogens (tertiary/aromatic N) is 2. The van der Waals surface area contributed by atoms with Gasteiger partial charge in [0.25, 0.3) is 0 Å². The predicted octanol–water partition coefficient (Wildman–Crippen LogP) is 0.328. The van der Waals surface area contributed by atoms with Crippen LogP contribution in [0.25, 0.3) is 0 Å². The first kappa shape index (κ1) is 10.4. The minimum Gasteiger partial charge on any atom is -0.314 e. The lowest BCUT2D eigenvalue weighted by molar-refractivity contribution is 0.0778. The quantitative estimate of drug-likeness (QED) is 0.732. The van der Waals surface area contributed by atoms with E-state index in [4.69, 9.17) is 11.6 Å². The highest BCUT2D eigenvalue weighted by Crippen LogP contribution is 2.11. The van der Waals surface area contributed by atoms with Gasteiger partial charge >= 0.3 is 0 Å². The number of hydrogen-bond acceptors (Lipinski definition) is 3. The summed E-state index contributed by atoms with van der Waals surface area (Å²) in [7, 11) is 0. The Morgan fingerprint density at radius 3 is 2.36 bits per heavy atom. The molecule has 0 atom stereocenters. The van der Waals surface area contributed by atoms with Crippen molar-refractivity contribution in [1.29, 1.82) is 0 Å². The topological polar surface area (TPSA) is 18.5 Å². The average Bonchev–Trinajstić information content (AvgIpc) is 2.04. The molecule has 2 heterocycles. The molecule has 0 saturated carbocycles. The van der Waals surface area contributed by atoms with E-state index in [2.05, 4.69) is 21.7 Å². The summed E-state index contributed by atoms with van der Waals surface area (Å²) in [5.41, 5.74) is 0. The van der Waals surface area contributed by atoms with Crippen LogP contribution < -0.4 is 5.32 Å². The van der Waals surface area contributed by atoms with E-state index in [-0.39, 0.29) is 0 Å². The Labute approximate surface area is 90.7 Å². The summed E-state index contributed by atoms with van der Waals surface area (Å²) >= 11 is 5.79. The zero-order valence-corrected chi connectivity index (χ0v) is 9.26. The van der Waals surface area contributed by atoms with Crippen LogP contribution in [0.2, 0.25) is 0 Å². The van der Waals surface area contributed by atoms with Crippen molar-refractivity contribution in [3.63, 3.8) is 0 Å². The van der Waals surface area contributed by atoms with Gasteiger partial charge in [0.1, 0.15) is 0 Å². The van der Waals surface area contributed by atoms with Crippen molar-refractivity contribution in [2.24, 2.45) is 0 Å². The fourth-order valence-corrected chi connectivity index (χ4v) is 2.23. The molecule has 0 aliphatic carbocycles. The maximum atomic E-state index is 5.79. The second-order valence-corrected chi connectivity index (χ2v) is 4.68. The van der Waals surface area contributed by atoms with Crippen LogP contribution >= 0.6 is 11.6 Å². The van der Waals surface area contributed by atoms with E-state index >= 15 is 0 Å². The molecule has 4 heteroatoms. The summed E-state index contributed by atoms with van der Waals surface area (Å²) in [6.45, 7) is 11.5. The van der Waals surface area contributed by atoms with Gasteiger partial charge in [-0.25, -0.2) is 0 Å². The minimum atomic E-state index is 0.753. The molecule has 2 saturated heterocycles. The van der Waals surface area contributed by atoms with Crippen LogP contribution in [-0.4, -0.2) is 61.7 Å². The normalized spacial score (nSPS) is 26.1. The molecule has 1 N–H and O–H groups in total. The van der Waals surface area contributed by atoms with E-state index in [1.54, 1.807) is 0 Å². The van der Waals surface area contributed by atoms with Crippen LogP contribution in [0.5, 0.6) is 0 Å². The third-order valence-electron chi connectivity index (χ3n) is 3.08. The van der Waals surface area contributed by atoms with E-state index in [0.717, 1.165) is 30.7 Å². The van der Waals surface area contributed by atoms with E-state index in [1.807, 2.05) is 0 Å². The third kappa shape index (κ3) is 2.48. The van der Waals surface area contributed by atoms with Gasteiger partial charge in [-0.15, -0.1) is 0 Å². The Morgan fingerprint density at radius 2 is 1.93 bits per heavy atom. The van der Waals surface area contributed by atoms with Crippen LogP contribution in [0, 0.1) is 0 Å². The van der Waals surface area contributed by atoms with Crippen molar-refractivity contribution in [1.82, 2.24) is 15.1 Å². The first-order valence-corrected chi connectivity index (χ1v) is 5.64. The second-order valence-electron chi connectivity index (χ2n) is 4.14. The third-order valence-corrected chi connectivity index (χ3v) is 3.20. The summed E-state index contributed by atoms with van der Waals surface area (Å²) in [5.74, 6) is 0. The van der Waals surface area contributed by atoms with Crippen molar-refractivity contribution < 1.29 is 0 Å². The molecule has 0 spiro atoms. The Kier molecular flexibility index (Phi) is 3.44. The molecular weight excluding hydrogens is 198 g/mol. The van der Waals surface area contributed by atoms with Crippen molar-refractivity contribution >= 4 is 11.6 Å². The Hall–Kier alpha value is -0.0900. The summed E-state index contributed by atoms with van der Waals surface area (Å²) in [4.78, 5) is 4.95. The van der Waals surface area contributed by atoms with Gasteiger partial charge in [-0.05, 0) is 0 Å². The highest BCUT2D eigenvalue weighted by molar-refractivity contribution is 6.29. The van der Waals surface area contributed by atoms with Gasteiger partial charge < -0.3 is 5.32 Å². The first-order chi connectivity index (χ1) is 6.75. The predicted molar refractivity (Wildman–Crippen MR) is 59.7 cm³/mol. The van der Waals surface area contributed by atoms with Crippen LogP contribution in [-0.2, 0) is 0 Å². The Bertz CT molecular complexity index is 207. The lowest BCUT2D eigenvalue weighted by Crippen LogP contribution is -2.61. The SMILES string of the molecule is C=C(Cl)CN1CCN(C2CNC2)CC1. The zero-order chi connectivity index (χ0) is 9.97. The van der Waals surface area contributed by atoms with Gasteiger partial charge in [-0.2, -0.15) is 0 Å². The number of hydrogen-bond donors (Lipinski definition) is 1. The van der Waals surface area contributed by atoms with Crippen molar-refractivity contribution in [2.45, 2.75) is 6.04 Å². The summed E-state index contributed by atoms with van der Waals surface area (Å²) in [5, 5.41) is 4.06. The number of rotatable bonds is 3. The van der Waals surface area contributed by atoms with Gasteiger partial charge in [-0.3, -0.25) is 9.80 Å². The highest BCUT2D eigenvalue weighted by Gasteiger charge is 2.27. The Morgan fingerprint density at radius 1 is 1.29 bits per heavy atom. The molecule has 0 radical (unpaired) electrons. The van der Waals surface area contributed by atoms with Crippen molar-refractivity contribution in [3.05, 3.63) is 11.6 Å². The van der Waals surface area contributed by atoms with E-state index in [9.17, 15) is 0 Å². The van der Waals surface area contributed by atoms with Gasteiger partial charge in [0.05, 0.1) is 0 Å². The molecule has 0 aromatic rings. The molecule has 2 aliphatic heterocycles. The maximum absolute atomic E-state index is 5.79. The molecular formula is C10H18ClN3. The molecule has 3 nitrogen and oxygen atoms in total. The molecule has 0 aromatic carbocycles. The van der Waals surface area contributed by atoms with Crippen LogP contribution in [0.1, 0.15) is 0 Å². The minimum absolute atomic E-state index is 0.753. The van der Waals surface area contributed by atoms with Gasteiger partial charge in [0, 0.05) is 56.9 Å². The lowest BCUT2D eigenvalue weighted by Gasteiger charge is -2.43. The fourth-order valence-electron chi connectivity index (χ4n) is 2.06. The largest absolute Gasteiger partial charge is 0.314 e. The van der Waals surface area contributed by atoms with Crippen molar-refractivity contribution in [2.75, 3.05) is 45.8 Å². The molecule has 0 amide bonds. The molecule has 2 fully saturated rings. The molecule has 80 valence electrons. The maximum Gasteiger partial charge on any atom is 0.0346 e. The zero-order valence-electron chi connectivity index (χ0n) is 8.51. The monoisotopic (exact) mass is 215 g/mol.